The van der Waals surface area contributed by atoms with Crippen molar-refractivity contribution >= 4 is 16.5 Å². The zero-order chi connectivity index (χ0) is 18.6. The van der Waals surface area contributed by atoms with Gasteiger partial charge >= 0.3 is 0 Å². The fourth-order valence-corrected chi connectivity index (χ4v) is 4.32. The van der Waals surface area contributed by atoms with Gasteiger partial charge in [0.25, 0.3) is 0 Å². The molecular weight excluding hydrogens is 330 g/mol. The number of hydrogen-bond donors (Lipinski definition) is 1. The fourth-order valence-electron chi connectivity index (χ4n) is 4.32. The summed E-state index contributed by atoms with van der Waals surface area (Å²) < 4.78 is 0. The van der Waals surface area contributed by atoms with Gasteiger partial charge in [0.2, 0.25) is 0 Å². The molecule has 0 amide bonds. The van der Waals surface area contributed by atoms with Crippen LogP contribution in [0.15, 0.2) is 60.9 Å². The van der Waals surface area contributed by atoms with E-state index in [2.05, 4.69) is 77.6 Å². The van der Waals surface area contributed by atoms with Crippen LogP contribution in [0.1, 0.15) is 30.9 Å². The molecule has 1 aliphatic rings. The Morgan fingerprint density at radius 1 is 1.07 bits per heavy atom. The van der Waals surface area contributed by atoms with Gasteiger partial charge in [0, 0.05) is 54.5 Å². The summed E-state index contributed by atoms with van der Waals surface area (Å²) >= 11 is 0. The highest BCUT2D eigenvalue weighted by Crippen LogP contribution is 2.29. The van der Waals surface area contributed by atoms with Gasteiger partial charge in [0.05, 0.1) is 0 Å². The first-order valence-corrected chi connectivity index (χ1v) is 10.1. The summed E-state index contributed by atoms with van der Waals surface area (Å²) in [6.45, 7) is 7.75. The maximum atomic E-state index is 4.26. The topological polar surface area (TPSA) is 28.2 Å². The molecule has 0 radical (unpaired) electrons. The van der Waals surface area contributed by atoms with Gasteiger partial charge in [-0.2, -0.15) is 0 Å². The third-order valence-corrected chi connectivity index (χ3v) is 5.72. The van der Waals surface area contributed by atoms with Gasteiger partial charge in [-0.3, -0.25) is 9.88 Å². The molecule has 0 saturated carbocycles. The van der Waals surface area contributed by atoms with E-state index in [4.69, 9.17) is 0 Å². The molecule has 140 valence electrons. The van der Waals surface area contributed by atoms with Gasteiger partial charge in [-0.15, -0.1) is 0 Å². The van der Waals surface area contributed by atoms with E-state index in [9.17, 15) is 0 Å². The number of nitrogens with zero attached hydrogens (tertiary/aromatic N) is 2. The SMILES string of the molecule is CCCC1CN(Cc2ccc(C)cc2)CC1Nc1cccc2cnccc12. The molecule has 3 aromatic rings. The summed E-state index contributed by atoms with van der Waals surface area (Å²) in [5.74, 6) is 0.692. The number of likely N-dealkylation sites (tertiary alicyclic amines) is 1. The quantitative estimate of drug-likeness (QED) is 0.651. The second-order valence-corrected chi connectivity index (χ2v) is 7.88. The van der Waals surface area contributed by atoms with Gasteiger partial charge in [0.15, 0.2) is 0 Å². The summed E-state index contributed by atoms with van der Waals surface area (Å²) in [5.41, 5.74) is 3.97. The van der Waals surface area contributed by atoms with E-state index < -0.39 is 0 Å². The highest BCUT2D eigenvalue weighted by atomic mass is 15.2. The highest BCUT2D eigenvalue weighted by Gasteiger charge is 2.32. The Hall–Kier alpha value is -2.39. The zero-order valence-electron chi connectivity index (χ0n) is 16.4. The maximum Gasteiger partial charge on any atom is 0.0429 e. The number of aryl methyl sites for hydroxylation is 1. The van der Waals surface area contributed by atoms with E-state index in [0.717, 1.165) is 13.1 Å². The van der Waals surface area contributed by atoms with E-state index >= 15 is 0 Å². The summed E-state index contributed by atoms with van der Waals surface area (Å²) in [4.78, 5) is 6.87. The number of pyridine rings is 1. The second-order valence-electron chi connectivity index (χ2n) is 7.88. The van der Waals surface area contributed by atoms with E-state index in [1.54, 1.807) is 0 Å². The number of hydrogen-bond acceptors (Lipinski definition) is 3. The van der Waals surface area contributed by atoms with Crippen LogP contribution in [-0.4, -0.2) is 29.0 Å². The number of fused-ring (bicyclic) bond motifs is 1. The molecule has 0 aliphatic carbocycles. The minimum atomic E-state index is 0.495. The van der Waals surface area contributed by atoms with Crippen LogP contribution in [0.2, 0.25) is 0 Å². The Labute approximate surface area is 162 Å². The smallest absolute Gasteiger partial charge is 0.0429 e. The fraction of sp³-hybridized carbons (Fsp3) is 0.375. The summed E-state index contributed by atoms with van der Waals surface area (Å²) in [6, 6.07) is 18.0. The van der Waals surface area contributed by atoms with E-state index in [-0.39, 0.29) is 0 Å². The molecule has 1 aliphatic heterocycles. The Morgan fingerprint density at radius 3 is 2.74 bits per heavy atom. The first-order valence-electron chi connectivity index (χ1n) is 10.1. The van der Waals surface area contributed by atoms with Crippen molar-refractivity contribution in [3.8, 4) is 0 Å². The highest BCUT2D eigenvalue weighted by molar-refractivity contribution is 5.93. The van der Waals surface area contributed by atoms with Gasteiger partial charge in [0.1, 0.15) is 0 Å². The number of benzene rings is 2. The van der Waals surface area contributed by atoms with Crippen LogP contribution in [0.5, 0.6) is 0 Å². The van der Waals surface area contributed by atoms with Crippen molar-refractivity contribution in [2.75, 3.05) is 18.4 Å². The van der Waals surface area contributed by atoms with Crippen molar-refractivity contribution in [1.29, 1.82) is 0 Å². The molecule has 2 aromatic carbocycles. The molecular formula is C24H29N3. The average molecular weight is 360 g/mol. The Morgan fingerprint density at radius 2 is 1.93 bits per heavy atom. The Kier molecular flexibility index (Phi) is 5.40. The van der Waals surface area contributed by atoms with Gasteiger partial charge in [-0.05, 0) is 37.0 Å². The monoisotopic (exact) mass is 359 g/mol. The van der Waals surface area contributed by atoms with Gasteiger partial charge < -0.3 is 5.32 Å². The first kappa shape index (κ1) is 18.0. The second kappa shape index (κ2) is 8.10. The van der Waals surface area contributed by atoms with Crippen molar-refractivity contribution in [3.63, 3.8) is 0 Å². The van der Waals surface area contributed by atoms with Crippen molar-refractivity contribution in [2.45, 2.75) is 39.3 Å². The van der Waals surface area contributed by atoms with Crippen LogP contribution < -0.4 is 5.32 Å². The minimum absolute atomic E-state index is 0.495. The molecule has 27 heavy (non-hydrogen) atoms. The van der Waals surface area contributed by atoms with E-state index in [1.807, 2.05) is 12.4 Å². The number of anilines is 1. The number of rotatable bonds is 6. The molecule has 1 N–H and O–H groups in total. The van der Waals surface area contributed by atoms with Crippen LogP contribution in [0.4, 0.5) is 5.69 Å². The predicted octanol–water partition coefficient (Wildman–Crippen LogP) is 5.26. The van der Waals surface area contributed by atoms with Crippen molar-refractivity contribution in [2.24, 2.45) is 5.92 Å². The van der Waals surface area contributed by atoms with Crippen LogP contribution in [0.25, 0.3) is 10.8 Å². The lowest BCUT2D eigenvalue weighted by Crippen LogP contribution is -2.29. The lowest BCUT2D eigenvalue weighted by Gasteiger charge is -2.21. The molecule has 2 atom stereocenters. The molecule has 1 fully saturated rings. The summed E-state index contributed by atoms with van der Waals surface area (Å²) in [6.07, 6.45) is 6.34. The van der Waals surface area contributed by atoms with Crippen molar-refractivity contribution < 1.29 is 0 Å². The zero-order valence-corrected chi connectivity index (χ0v) is 16.4. The molecule has 1 aromatic heterocycles. The Bertz CT molecular complexity index is 882. The predicted molar refractivity (Wildman–Crippen MR) is 114 cm³/mol. The molecule has 0 spiro atoms. The molecule has 3 heteroatoms. The summed E-state index contributed by atoms with van der Waals surface area (Å²) in [7, 11) is 0. The first-order chi connectivity index (χ1) is 13.2. The third kappa shape index (κ3) is 4.14. The third-order valence-electron chi connectivity index (χ3n) is 5.72. The lowest BCUT2D eigenvalue weighted by atomic mass is 9.97. The van der Waals surface area contributed by atoms with E-state index in [1.165, 1.54) is 47.0 Å². The largest absolute Gasteiger partial charge is 0.380 e. The van der Waals surface area contributed by atoms with E-state index in [0.29, 0.717) is 12.0 Å². The van der Waals surface area contributed by atoms with Gasteiger partial charge in [-0.1, -0.05) is 55.3 Å². The van der Waals surface area contributed by atoms with Crippen LogP contribution in [0, 0.1) is 12.8 Å². The molecule has 2 unspecified atom stereocenters. The number of nitrogens with one attached hydrogen (secondary N) is 1. The molecule has 4 rings (SSSR count). The lowest BCUT2D eigenvalue weighted by molar-refractivity contribution is 0.313. The average Bonchev–Trinajstić information content (AvgIpc) is 3.05. The maximum absolute atomic E-state index is 4.26. The van der Waals surface area contributed by atoms with Crippen LogP contribution >= 0.6 is 0 Å². The standard InChI is InChI=1S/C24H29N3/c1-3-5-21-16-27(15-19-10-8-18(2)9-11-19)17-24(21)26-23-7-4-6-20-14-25-13-12-22(20)23/h4,6-14,21,24,26H,3,5,15-17H2,1-2H3. The molecule has 2 heterocycles. The van der Waals surface area contributed by atoms with Crippen LogP contribution in [0.3, 0.4) is 0 Å². The van der Waals surface area contributed by atoms with Crippen LogP contribution in [-0.2, 0) is 6.54 Å². The van der Waals surface area contributed by atoms with Crippen molar-refractivity contribution in [1.82, 2.24) is 9.88 Å². The molecule has 3 nitrogen and oxygen atoms in total. The molecule has 1 saturated heterocycles. The number of aromatic nitrogens is 1. The van der Waals surface area contributed by atoms with Crippen molar-refractivity contribution in [3.05, 3.63) is 72.1 Å². The minimum Gasteiger partial charge on any atom is -0.380 e. The van der Waals surface area contributed by atoms with Gasteiger partial charge in [-0.25, -0.2) is 0 Å². The molecule has 0 bridgehead atoms. The Balaban J connectivity index is 1.51. The summed E-state index contributed by atoms with van der Waals surface area (Å²) in [5, 5.41) is 6.34. The normalized spacial score (nSPS) is 20.2.